The molecule has 2 aromatic carbocycles. The van der Waals surface area contributed by atoms with E-state index in [1.807, 2.05) is 49.3 Å². The van der Waals surface area contributed by atoms with Gasteiger partial charge in [-0.25, -0.2) is 8.70 Å². The van der Waals surface area contributed by atoms with Crippen LogP contribution in [0.5, 0.6) is 0 Å². The van der Waals surface area contributed by atoms with Gasteiger partial charge in [0, 0.05) is 36.9 Å². The minimum atomic E-state index is -0.342. The number of hydrogen-bond donors (Lipinski definition) is 0. The average molecular weight is 419 g/mol. The minimum absolute atomic E-state index is 0.304. The fourth-order valence-electron chi connectivity index (χ4n) is 2.74. The van der Waals surface area contributed by atoms with E-state index in [1.54, 1.807) is 23.0 Å². The normalized spacial score (nSPS) is 10.7. The minimum Gasteiger partial charge on any atom is -0.369 e. The monoisotopic (exact) mass is 418 g/mol. The molecule has 0 saturated heterocycles. The molecule has 0 unspecified atom stereocenters. The van der Waals surface area contributed by atoms with Gasteiger partial charge in [-0.3, -0.25) is 9.48 Å². The second-order valence-corrected chi connectivity index (χ2v) is 7.52. The van der Waals surface area contributed by atoms with Crippen LogP contribution in [0.1, 0.15) is 12.5 Å². The lowest BCUT2D eigenvalue weighted by Crippen LogP contribution is -2.19. The van der Waals surface area contributed by atoms with Crippen LogP contribution in [0.15, 0.2) is 59.8 Å². The number of amides is 1. The van der Waals surface area contributed by atoms with Crippen LogP contribution >= 0.6 is 23.5 Å². The molecular formula is C20H20ClFN4OS. The second-order valence-electron chi connectivity index (χ2n) is 6.10. The van der Waals surface area contributed by atoms with Crippen LogP contribution in [0.25, 0.3) is 0 Å². The molecule has 5 nitrogen and oxygen atoms in total. The highest BCUT2D eigenvalue weighted by atomic mass is 35.5. The molecule has 0 spiro atoms. The smallest absolute Gasteiger partial charge is 0.224 e. The molecule has 1 amide bonds. The zero-order chi connectivity index (χ0) is 20.1. The molecule has 0 aliphatic heterocycles. The van der Waals surface area contributed by atoms with Crippen molar-refractivity contribution in [3.8, 4) is 0 Å². The summed E-state index contributed by atoms with van der Waals surface area (Å²) in [5.74, 6) is -0.342. The first-order valence-corrected chi connectivity index (χ1v) is 9.86. The largest absolute Gasteiger partial charge is 0.369 e. The lowest BCUT2D eigenvalue weighted by atomic mass is 10.2. The molecule has 0 bridgehead atoms. The Morgan fingerprint density at radius 1 is 1.25 bits per heavy atom. The standard InChI is InChI=1S/C20H20ClFN4OS/c1-3-25-12-15(11-23-25)26(14-27)28-20-10-5-4-9-19(20)24(2)13-16-17(21)7-6-8-18(16)22/h4-12,14H,3,13H2,1-2H3. The third kappa shape index (κ3) is 4.48. The second kappa shape index (κ2) is 9.12. The van der Waals surface area contributed by atoms with E-state index in [0.29, 0.717) is 22.8 Å². The van der Waals surface area contributed by atoms with Gasteiger partial charge in [-0.1, -0.05) is 29.8 Å². The summed E-state index contributed by atoms with van der Waals surface area (Å²) in [7, 11) is 1.86. The van der Waals surface area contributed by atoms with Gasteiger partial charge in [0.1, 0.15) is 5.82 Å². The zero-order valence-corrected chi connectivity index (χ0v) is 17.1. The van der Waals surface area contributed by atoms with Gasteiger partial charge in [-0.15, -0.1) is 0 Å². The van der Waals surface area contributed by atoms with E-state index in [4.69, 9.17) is 11.6 Å². The van der Waals surface area contributed by atoms with Gasteiger partial charge in [0.15, 0.2) is 0 Å². The van der Waals surface area contributed by atoms with Crippen LogP contribution in [-0.4, -0.2) is 23.2 Å². The Morgan fingerprint density at radius 3 is 2.71 bits per heavy atom. The number of aromatic nitrogens is 2. The molecule has 8 heteroatoms. The number of halogens is 2. The van der Waals surface area contributed by atoms with Gasteiger partial charge in [0.05, 0.1) is 22.5 Å². The van der Waals surface area contributed by atoms with E-state index >= 15 is 0 Å². The lowest BCUT2D eigenvalue weighted by Gasteiger charge is -2.24. The van der Waals surface area contributed by atoms with Crippen LogP contribution in [0.4, 0.5) is 15.8 Å². The fourth-order valence-corrected chi connectivity index (χ4v) is 3.87. The first kappa shape index (κ1) is 20.2. The molecule has 146 valence electrons. The van der Waals surface area contributed by atoms with Crippen LogP contribution in [-0.2, 0) is 17.9 Å². The molecule has 0 aliphatic carbocycles. The summed E-state index contributed by atoms with van der Waals surface area (Å²) < 4.78 is 17.4. The lowest BCUT2D eigenvalue weighted by molar-refractivity contribution is -0.106. The predicted molar refractivity (Wildman–Crippen MR) is 112 cm³/mol. The highest BCUT2D eigenvalue weighted by Gasteiger charge is 2.16. The highest BCUT2D eigenvalue weighted by molar-refractivity contribution is 8.01. The van der Waals surface area contributed by atoms with Crippen molar-refractivity contribution in [2.24, 2.45) is 0 Å². The highest BCUT2D eigenvalue weighted by Crippen LogP contribution is 2.35. The summed E-state index contributed by atoms with van der Waals surface area (Å²) in [5.41, 5.74) is 1.99. The number of aryl methyl sites for hydroxylation is 1. The third-order valence-electron chi connectivity index (χ3n) is 4.22. The molecule has 1 aromatic heterocycles. The van der Waals surface area contributed by atoms with E-state index in [9.17, 15) is 9.18 Å². The Bertz CT molecular complexity index is 945. The van der Waals surface area contributed by atoms with Gasteiger partial charge in [0.2, 0.25) is 6.41 Å². The number of anilines is 2. The van der Waals surface area contributed by atoms with E-state index in [0.717, 1.165) is 23.5 Å². The topological polar surface area (TPSA) is 41.4 Å². The Hall–Kier alpha value is -2.51. The first-order chi connectivity index (χ1) is 13.5. The van der Waals surface area contributed by atoms with Crippen LogP contribution < -0.4 is 9.21 Å². The molecule has 3 rings (SSSR count). The number of rotatable bonds is 8. The molecule has 0 N–H and O–H groups in total. The summed E-state index contributed by atoms with van der Waals surface area (Å²) in [6, 6.07) is 12.3. The van der Waals surface area contributed by atoms with Crippen molar-refractivity contribution in [2.45, 2.75) is 24.9 Å². The summed E-state index contributed by atoms with van der Waals surface area (Å²) in [5, 5.41) is 4.60. The quantitative estimate of drug-likeness (QED) is 0.381. The number of carbonyl (C=O) groups excluding carboxylic acids is 1. The molecule has 28 heavy (non-hydrogen) atoms. The van der Waals surface area contributed by atoms with Crippen molar-refractivity contribution in [3.63, 3.8) is 0 Å². The summed E-state index contributed by atoms with van der Waals surface area (Å²) >= 11 is 7.45. The zero-order valence-electron chi connectivity index (χ0n) is 15.5. The van der Waals surface area contributed by atoms with Crippen molar-refractivity contribution < 1.29 is 9.18 Å². The Balaban J connectivity index is 1.84. The van der Waals surface area contributed by atoms with Gasteiger partial charge in [-0.2, -0.15) is 5.10 Å². The molecule has 3 aromatic rings. The van der Waals surface area contributed by atoms with Gasteiger partial charge < -0.3 is 4.90 Å². The SMILES string of the molecule is CCn1cc(N(C=O)Sc2ccccc2N(C)Cc2c(F)cccc2Cl)cn1. The maximum Gasteiger partial charge on any atom is 0.224 e. The first-order valence-electron chi connectivity index (χ1n) is 8.71. The van der Waals surface area contributed by atoms with Crippen molar-refractivity contribution in [3.05, 3.63) is 71.3 Å². The number of carbonyl (C=O) groups is 1. The Morgan fingerprint density at radius 2 is 2.04 bits per heavy atom. The van der Waals surface area contributed by atoms with Crippen molar-refractivity contribution in [2.75, 3.05) is 16.3 Å². The maximum absolute atomic E-state index is 14.2. The predicted octanol–water partition coefficient (Wildman–Crippen LogP) is 5.00. The van der Waals surface area contributed by atoms with Crippen molar-refractivity contribution in [1.29, 1.82) is 0 Å². The summed E-state index contributed by atoms with van der Waals surface area (Å²) in [6.07, 6.45) is 4.22. The van der Waals surface area contributed by atoms with Crippen LogP contribution in [0.2, 0.25) is 5.02 Å². The molecular weight excluding hydrogens is 399 g/mol. The van der Waals surface area contributed by atoms with E-state index in [1.165, 1.54) is 22.3 Å². The van der Waals surface area contributed by atoms with Crippen molar-refractivity contribution >= 4 is 41.3 Å². The summed E-state index contributed by atoms with van der Waals surface area (Å²) in [6.45, 7) is 3.01. The molecule has 0 aliphatic rings. The number of para-hydroxylation sites is 1. The maximum atomic E-state index is 14.2. The van der Waals surface area contributed by atoms with Crippen LogP contribution in [0, 0.1) is 5.82 Å². The molecule has 1 heterocycles. The van der Waals surface area contributed by atoms with E-state index in [-0.39, 0.29) is 5.82 Å². The summed E-state index contributed by atoms with van der Waals surface area (Å²) in [4.78, 5) is 14.4. The van der Waals surface area contributed by atoms with Crippen molar-refractivity contribution in [1.82, 2.24) is 9.78 Å². The van der Waals surface area contributed by atoms with Gasteiger partial charge in [0.25, 0.3) is 0 Å². The molecule has 0 atom stereocenters. The van der Waals surface area contributed by atoms with Crippen LogP contribution in [0.3, 0.4) is 0 Å². The van der Waals surface area contributed by atoms with E-state index < -0.39 is 0 Å². The number of hydrogen-bond acceptors (Lipinski definition) is 4. The molecule has 0 saturated carbocycles. The Labute approximate surface area is 172 Å². The fraction of sp³-hybridized carbons (Fsp3) is 0.200. The number of nitrogens with zero attached hydrogens (tertiary/aromatic N) is 4. The molecule has 0 fully saturated rings. The number of benzene rings is 2. The van der Waals surface area contributed by atoms with E-state index in [2.05, 4.69) is 5.10 Å². The average Bonchev–Trinajstić information content (AvgIpc) is 3.18. The Kier molecular flexibility index (Phi) is 6.59. The van der Waals surface area contributed by atoms with Gasteiger partial charge >= 0.3 is 0 Å². The third-order valence-corrected chi connectivity index (χ3v) is 5.61. The van der Waals surface area contributed by atoms with Gasteiger partial charge in [-0.05, 0) is 43.1 Å². The molecule has 0 radical (unpaired) electrons.